The Morgan fingerprint density at radius 1 is 0.941 bits per heavy atom. The van der Waals surface area contributed by atoms with E-state index in [2.05, 4.69) is 19.6 Å². The van der Waals surface area contributed by atoms with E-state index in [1.807, 2.05) is 0 Å². The molecule has 0 N–H and O–H groups in total. The van der Waals surface area contributed by atoms with E-state index in [0.717, 1.165) is 0 Å². The molecule has 17 heavy (non-hydrogen) atoms. The highest BCUT2D eigenvalue weighted by atomic mass is 28.4. The van der Waals surface area contributed by atoms with Crippen molar-refractivity contribution in [3.8, 4) is 5.75 Å². The van der Waals surface area contributed by atoms with Crippen molar-refractivity contribution in [2.45, 2.75) is 19.6 Å². The maximum Gasteiger partial charge on any atom is 0.242 e. The van der Waals surface area contributed by atoms with E-state index in [-0.39, 0.29) is 11.6 Å². The number of fused-ring (bicyclic) bond motifs is 1. The van der Waals surface area contributed by atoms with Gasteiger partial charge in [-0.1, -0.05) is 0 Å². The van der Waals surface area contributed by atoms with Gasteiger partial charge in [-0.2, -0.15) is 0 Å². The third-order valence-electron chi connectivity index (χ3n) is 2.33. The highest BCUT2D eigenvalue weighted by Gasteiger charge is 2.21. The number of allylic oxidation sites excluding steroid dienone is 2. The Balaban J connectivity index is 2.42. The lowest BCUT2D eigenvalue weighted by atomic mass is 9.95. The minimum Gasteiger partial charge on any atom is -0.544 e. The van der Waals surface area contributed by atoms with Crippen molar-refractivity contribution in [3.63, 3.8) is 0 Å². The zero-order valence-electron chi connectivity index (χ0n) is 10.1. The van der Waals surface area contributed by atoms with Crippen molar-refractivity contribution in [1.82, 2.24) is 0 Å². The Hall–Kier alpha value is -1.68. The van der Waals surface area contributed by atoms with E-state index >= 15 is 0 Å². The van der Waals surface area contributed by atoms with Gasteiger partial charge in [0.25, 0.3) is 0 Å². The van der Waals surface area contributed by atoms with Gasteiger partial charge in [-0.15, -0.1) is 0 Å². The summed E-state index contributed by atoms with van der Waals surface area (Å²) in [5.41, 5.74) is 0.897. The van der Waals surface area contributed by atoms with Gasteiger partial charge < -0.3 is 4.43 Å². The van der Waals surface area contributed by atoms with Crippen molar-refractivity contribution in [1.29, 1.82) is 0 Å². The van der Waals surface area contributed by atoms with Crippen molar-refractivity contribution >= 4 is 19.9 Å². The van der Waals surface area contributed by atoms with Crippen LogP contribution in [0.3, 0.4) is 0 Å². The summed E-state index contributed by atoms with van der Waals surface area (Å²) in [6, 6.07) is 5.08. The van der Waals surface area contributed by atoms with Crippen molar-refractivity contribution in [2.75, 3.05) is 0 Å². The lowest BCUT2D eigenvalue weighted by Gasteiger charge is -2.20. The predicted molar refractivity (Wildman–Crippen MR) is 68.2 cm³/mol. The SMILES string of the molecule is C[Si](C)(C)Oc1ccc2c(c1)C(=O)C=CC2=O. The number of benzene rings is 1. The number of ketones is 2. The first-order valence-corrected chi connectivity index (χ1v) is 8.87. The van der Waals surface area contributed by atoms with E-state index in [0.29, 0.717) is 16.9 Å². The van der Waals surface area contributed by atoms with E-state index in [9.17, 15) is 9.59 Å². The van der Waals surface area contributed by atoms with Crippen LogP contribution in [0.4, 0.5) is 0 Å². The number of carbonyl (C=O) groups excluding carboxylic acids is 2. The minimum atomic E-state index is -1.70. The molecule has 0 radical (unpaired) electrons. The van der Waals surface area contributed by atoms with Crippen LogP contribution >= 0.6 is 0 Å². The monoisotopic (exact) mass is 246 g/mol. The number of hydrogen-bond acceptors (Lipinski definition) is 3. The first-order chi connectivity index (χ1) is 7.87. The lowest BCUT2D eigenvalue weighted by Crippen LogP contribution is -2.29. The molecule has 1 aliphatic carbocycles. The summed E-state index contributed by atoms with van der Waals surface area (Å²) in [5, 5.41) is 0. The van der Waals surface area contributed by atoms with E-state index < -0.39 is 8.32 Å². The molecule has 0 unspecified atom stereocenters. The molecule has 0 bridgehead atoms. The largest absolute Gasteiger partial charge is 0.544 e. The molecule has 0 heterocycles. The molecule has 0 aromatic heterocycles. The predicted octanol–water partition coefficient (Wildman–Crippen LogP) is 2.84. The first-order valence-electron chi connectivity index (χ1n) is 5.47. The fraction of sp³-hybridized carbons (Fsp3) is 0.231. The molecule has 88 valence electrons. The summed E-state index contributed by atoms with van der Waals surface area (Å²) in [6.07, 6.45) is 2.62. The number of hydrogen-bond donors (Lipinski definition) is 0. The van der Waals surface area contributed by atoms with Gasteiger partial charge in [0, 0.05) is 11.1 Å². The lowest BCUT2D eigenvalue weighted by molar-refractivity contribution is 0.0994. The van der Waals surface area contributed by atoms with Crippen LogP contribution in [0.25, 0.3) is 0 Å². The zero-order chi connectivity index (χ0) is 12.6. The summed E-state index contributed by atoms with van der Waals surface area (Å²) in [7, 11) is -1.70. The van der Waals surface area contributed by atoms with Gasteiger partial charge in [-0.25, -0.2) is 0 Å². The Morgan fingerprint density at radius 3 is 2.12 bits per heavy atom. The van der Waals surface area contributed by atoms with Gasteiger partial charge in [-0.05, 0) is 50.0 Å². The molecule has 0 spiro atoms. The molecule has 0 aliphatic heterocycles. The van der Waals surface area contributed by atoms with Gasteiger partial charge in [-0.3, -0.25) is 9.59 Å². The molecule has 1 aliphatic rings. The average molecular weight is 246 g/mol. The molecule has 3 nitrogen and oxygen atoms in total. The molecular weight excluding hydrogens is 232 g/mol. The second kappa shape index (κ2) is 3.96. The van der Waals surface area contributed by atoms with Gasteiger partial charge in [0.2, 0.25) is 8.32 Å². The van der Waals surface area contributed by atoms with Crippen LogP contribution < -0.4 is 4.43 Å². The summed E-state index contributed by atoms with van der Waals surface area (Å²) in [5.74, 6) is 0.402. The van der Waals surface area contributed by atoms with Gasteiger partial charge in [0.15, 0.2) is 11.6 Å². The quantitative estimate of drug-likeness (QED) is 0.754. The molecule has 0 saturated carbocycles. The maximum atomic E-state index is 11.7. The number of carbonyl (C=O) groups is 2. The minimum absolute atomic E-state index is 0.126. The molecule has 2 rings (SSSR count). The molecule has 1 aromatic rings. The maximum absolute atomic E-state index is 11.7. The van der Waals surface area contributed by atoms with Crippen LogP contribution in [0.2, 0.25) is 19.6 Å². The smallest absolute Gasteiger partial charge is 0.242 e. The molecule has 0 saturated heterocycles. The first kappa shape index (κ1) is 11.8. The van der Waals surface area contributed by atoms with Crippen molar-refractivity contribution < 1.29 is 14.0 Å². The third-order valence-corrected chi connectivity index (χ3v) is 3.18. The van der Waals surface area contributed by atoms with E-state index in [1.165, 1.54) is 12.2 Å². The summed E-state index contributed by atoms with van der Waals surface area (Å²) in [4.78, 5) is 23.2. The summed E-state index contributed by atoms with van der Waals surface area (Å²) in [6.45, 7) is 6.21. The Bertz CT molecular complexity index is 524. The molecule has 0 fully saturated rings. The van der Waals surface area contributed by atoms with Crippen LogP contribution in [0.1, 0.15) is 20.7 Å². The van der Waals surface area contributed by atoms with Crippen LogP contribution in [0, 0.1) is 0 Å². The second-order valence-electron chi connectivity index (χ2n) is 4.98. The van der Waals surface area contributed by atoms with Gasteiger partial charge in [0.1, 0.15) is 5.75 Å². The molecule has 0 atom stereocenters. The van der Waals surface area contributed by atoms with Crippen LogP contribution in [-0.2, 0) is 0 Å². The van der Waals surface area contributed by atoms with Gasteiger partial charge >= 0.3 is 0 Å². The fourth-order valence-corrected chi connectivity index (χ4v) is 2.52. The highest BCUT2D eigenvalue weighted by Crippen LogP contribution is 2.24. The molecule has 1 aromatic carbocycles. The van der Waals surface area contributed by atoms with Crippen molar-refractivity contribution in [3.05, 3.63) is 41.5 Å². The normalized spacial score (nSPS) is 14.8. The molecule has 0 amide bonds. The topological polar surface area (TPSA) is 43.4 Å². The summed E-state index contributed by atoms with van der Waals surface area (Å²) >= 11 is 0. The average Bonchev–Trinajstić information content (AvgIpc) is 2.21. The summed E-state index contributed by atoms with van der Waals surface area (Å²) < 4.78 is 5.80. The van der Waals surface area contributed by atoms with E-state index in [1.54, 1.807) is 18.2 Å². The van der Waals surface area contributed by atoms with Crippen LogP contribution in [0.5, 0.6) is 5.75 Å². The molecular formula is C13H14O3Si. The third kappa shape index (κ3) is 2.53. The van der Waals surface area contributed by atoms with Gasteiger partial charge in [0.05, 0.1) is 0 Å². The van der Waals surface area contributed by atoms with Crippen LogP contribution in [0.15, 0.2) is 30.4 Å². The zero-order valence-corrected chi connectivity index (χ0v) is 11.1. The number of rotatable bonds is 2. The highest BCUT2D eigenvalue weighted by molar-refractivity contribution is 6.70. The Kier molecular flexibility index (Phi) is 2.75. The Morgan fingerprint density at radius 2 is 1.53 bits per heavy atom. The standard InChI is InChI=1S/C13H14O3Si/c1-17(2,3)16-9-4-5-10-11(8-9)13(15)7-6-12(10)14/h4-8H,1-3H3. The second-order valence-corrected chi connectivity index (χ2v) is 9.41. The Labute approximate surface area is 101 Å². The van der Waals surface area contributed by atoms with Crippen molar-refractivity contribution in [2.24, 2.45) is 0 Å². The van der Waals surface area contributed by atoms with E-state index in [4.69, 9.17) is 4.43 Å². The molecule has 4 heteroatoms. The van der Waals surface area contributed by atoms with Crippen LogP contribution in [-0.4, -0.2) is 19.9 Å². The fourth-order valence-electron chi connectivity index (χ4n) is 1.69.